The molecule has 0 bridgehead atoms. The summed E-state index contributed by atoms with van der Waals surface area (Å²) in [5.41, 5.74) is -0.0877. The third kappa shape index (κ3) is 10.7. The lowest BCUT2D eigenvalue weighted by Gasteiger charge is -2.40. The highest BCUT2D eigenvalue weighted by atomic mass is 32.2. The Balaban J connectivity index is 1.62. The maximum Gasteiger partial charge on any atom is 0.303 e. The van der Waals surface area contributed by atoms with Gasteiger partial charge in [-0.2, -0.15) is 9.67 Å². The van der Waals surface area contributed by atoms with Crippen molar-refractivity contribution in [1.82, 2.24) is 34.5 Å². The molecule has 3 aromatic heterocycles. The summed E-state index contributed by atoms with van der Waals surface area (Å²) in [4.78, 5) is 50.4. The molecule has 49 heavy (non-hydrogen) atoms. The molecule has 0 radical (unpaired) electrons. The summed E-state index contributed by atoms with van der Waals surface area (Å²) >= 11 is 1.55. The topological polar surface area (TPSA) is 183 Å². The molecule has 16 heteroatoms. The zero-order valence-electron chi connectivity index (χ0n) is 29.3. The van der Waals surface area contributed by atoms with Gasteiger partial charge in [-0.1, -0.05) is 69.9 Å². The highest BCUT2D eigenvalue weighted by Crippen LogP contribution is 2.35. The Morgan fingerprint density at radius 1 is 0.918 bits per heavy atom. The van der Waals surface area contributed by atoms with Crippen LogP contribution in [0.4, 0.5) is 0 Å². The summed E-state index contributed by atoms with van der Waals surface area (Å²) in [7, 11) is 0. The van der Waals surface area contributed by atoms with Crippen LogP contribution in [-0.4, -0.2) is 88.2 Å². The van der Waals surface area contributed by atoms with Gasteiger partial charge in [-0.05, 0) is 26.0 Å². The van der Waals surface area contributed by atoms with Gasteiger partial charge in [0, 0.05) is 20.8 Å². The molecule has 1 fully saturated rings. The number of aromatic nitrogens is 7. The second-order valence-electron chi connectivity index (χ2n) is 12.8. The van der Waals surface area contributed by atoms with Crippen LogP contribution in [0.1, 0.15) is 118 Å². The fourth-order valence-electron chi connectivity index (χ4n) is 5.63. The van der Waals surface area contributed by atoms with Crippen LogP contribution < -0.4 is 0 Å². The molecule has 1 saturated heterocycles. The van der Waals surface area contributed by atoms with E-state index >= 15 is 0 Å². The minimum absolute atomic E-state index is 0.157. The molecule has 0 amide bonds. The second kappa shape index (κ2) is 17.9. The lowest BCUT2D eigenvalue weighted by molar-refractivity contribution is -0.239. The van der Waals surface area contributed by atoms with Gasteiger partial charge in [0.15, 0.2) is 30.2 Å². The van der Waals surface area contributed by atoms with Gasteiger partial charge in [0.25, 0.3) is 5.95 Å². The number of fused-ring (bicyclic) bond motifs is 1. The average Bonchev–Trinajstić information content (AvgIpc) is 3.69. The number of nitrogens with zero attached hydrogens (tertiary/aromatic N) is 7. The second-order valence-corrected chi connectivity index (χ2v) is 13.9. The molecule has 4 atom stereocenters. The molecule has 4 heterocycles. The number of unbranched alkanes of at least 4 members (excludes halogenated alkanes) is 9. The van der Waals surface area contributed by atoms with Crippen molar-refractivity contribution in [1.29, 1.82) is 0 Å². The smallest absolute Gasteiger partial charge is 0.303 e. The SMILES string of the molecule is CCCCCCCCCCCCSc1nc(-n2cc(C(C)(C)O)nn2)nc2c1ncn2[C@H]1OC[C@@H](OC(C)=O)[C@@H](OC(C)=O)[C@@H]1OC(C)=O. The molecule has 0 aliphatic carbocycles. The van der Waals surface area contributed by atoms with E-state index < -0.39 is 48.0 Å². The molecule has 270 valence electrons. The normalized spacial score (nSPS) is 19.6. The first kappa shape index (κ1) is 38.2. The first-order chi connectivity index (χ1) is 23.4. The number of hydrogen-bond acceptors (Lipinski definition) is 14. The van der Waals surface area contributed by atoms with Gasteiger partial charge in [0.2, 0.25) is 0 Å². The van der Waals surface area contributed by atoms with Crippen molar-refractivity contribution in [2.75, 3.05) is 12.4 Å². The third-order valence-corrected chi connectivity index (χ3v) is 9.09. The Kier molecular flexibility index (Phi) is 13.9. The molecule has 4 rings (SSSR count). The van der Waals surface area contributed by atoms with Crippen LogP contribution in [0.5, 0.6) is 0 Å². The van der Waals surface area contributed by atoms with Crippen LogP contribution in [0.2, 0.25) is 0 Å². The van der Waals surface area contributed by atoms with Gasteiger partial charge in [-0.25, -0.2) is 9.97 Å². The Morgan fingerprint density at radius 3 is 2.12 bits per heavy atom. The summed E-state index contributed by atoms with van der Waals surface area (Å²) < 4.78 is 25.6. The number of hydrogen-bond donors (Lipinski definition) is 1. The molecule has 1 aliphatic rings. The van der Waals surface area contributed by atoms with Crippen molar-refractivity contribution in [3.8, 4) is 5.95 Å². The number of carbonyl (C=O) groups excluding carboxylic acids is 3. The van der Waals surface area contributed by atoms with E-state index in [-0.39, 0.29) is 12.6 Å². The molecule has 1 N–H and O–H groups in total. The Morgan fingerprint density at radius 2 is 1.53 bits per heavy atom. The summed E-state index contributed by atoms with van der Waals surface area (Å²) in [6.07, 6.45) is 10.9. The van der Waals surface area contributed by atoms with Gasteiger partial charge in [0.1, 0.15) is 21.8 Å². The third-order valence-electron chi connectivity index (χ3n) is 8.04. The molecule has 1 aliphatic heterocycles. The van der Waals surface area contributed by atoms with Crippen molar-refractivity contribution in [2.45, 2.75) is 141 Å². The monoisotopic (exact) mass is 703 g/mol. The standard InChI is InChI=1S/C33H49N7O8S/c1-7-8-9-10-11-12-13-14-15-16-17-49-30-26-29(35-32(36-30)40-18-25(37-38-40)33(5,6)44)39(20-34-26)31-28(48-23(4)43)27(47-22(3)42)24(19-45-31)46-21(2)41/h18,20,24,27-28,31,44H,7-17,19H2,1-6H3/t24-,27-,28+,31+/m1/s1. The van der Waals surface area contributed by atoms with E-state index in [1.807, 2.05) is 0 Å². The Labute approximate surface area is 290 Å². The molecule has 0 aromatic carbocycles. The quantitative estimate of drug-likeness (QED) is 0.0616. The summed E-state index contributed by atoms with van der Waals surface area (Å²) in [6.45, 7) is 8.94. The van der Waals surface area contributed by atoms with Gasteiger partial charge in [-0.15, -0.1) is 16.9 Å². The lowest BCUT2D eigenvalue weighted by Crippen LogP contribution is -2.55. The summed E-state index contributed by atoms with van der Waals surface area (Å²) in [5.74, 6) is -0.945. The number of carbonyl (C=O) groups is 3. The Hall–Kier alpha value is -3.63. The number of esters is 3. The number of imidazole rings is 1. The van der Waals surface area contributed by atoms with E-state index in [9.17, 15) is 19.5 Å². The fraction of sp³-hybridized carbons (Fsp3) is 0.697. The predicted octanol–water partition coefficient (Wildman–Crippen LogP) is 4.97. The van der Waals surface area contributed by atoms with E-state index in [1.165, 1.54) is 83.1 Å². The first-order valence-electron chi connectivity index (χ1n) is 17.0. The van der Waals surface area contributed by atoms with Gasteiger partial charge in [-0.3, -0.25) is 19.0 Å². The van der Waals surface area contributed by atoms with Crippen LogP contribution >= 0.6 is 11.8 Å². The Bertz CT molecular complexity index is 1560. The zero-order chi connectivity index (χ0) is 35.6. The molecule has 0 unspecified atom stereocenters. The number of aliphatic hydroxyl groups is 1. The van der Waals surface area contributed by atoms with Crippen molar-refractivity contribution >= 4 is 40.8 Å². The van der Waals surface area contributed by atoms with Gasteiger partial charge in [0.05, 0.1) is 19.1 Å². The van der Waals surface area contributed by atoms with E-state index in [0.29, 0.717) is 21.9 Å². The van der Waals surface area contributed by atoms with Crippen LogP contribution in [-0.2, 0) is 38.9 Å². The van der Waals surface area contributed by atoms with Crippen molar-refractivity contribution in [3.05, 3.63) is 18.2 Å². The van der Waals surface area contributed by atoms with Gasteiger partial charge < -0.3 is 24.1 Å². The zero-order valence-corrected chi connectivity index (χ0v) is 30.1. The highest BCUT2D eigenvalue weighted by molar-refractivity contribution is 7.99. The molecular weight excluding hydrogens is 654 g/mol. The molecule has 3 aromatic rings. The van der Waals surface area contributed by atoms with Crippen LogP contribution in [0, 0.1) is 0 Å². The minimum Gasteiger partial charge on any atom is -0.456 e. The largest absolute Gasteiger partial charge is 0.456 e. The van der Waals surface area contributed by atoms with Crippen LogP contribution in [0.3, 0.4) is 0 Å². The number of thioether (sulfide) groups is 1. The maximum absolute atomic E-state index is 12.3. The highest BCUT2D eigenvalue weighted by Gasteiger charge is 2.48. The number of rotatable bonds is 18. The summed E-state index contributed by atoms with van der Waals surface area (Å²) in [6, 6.07) is 0. The average molecular weight is 704 g/mol. The van der Waals surface area contributed by atoms with Crippen LogP contribution in [0.25, 0.3) is 17.1 Å². The first-order valence-corrected chi connectivity index (χ1v) is 18.0. The van der Waals surface area contributed by atoms with Crippen LogP contribution in [0.15, 0.2) is 17.6 Å². The molecule has 15 nitrogen and oxygen atoms in total. The molecule has 0 saturated carbocycles. The van der Waals surface area contributed by atoms with Gasteiger partial charge >= 0.3 is 17.9 Å². The van der Waals surface area contributed by atoms with E-state index in [2.05, 4.69) is 22.2 Å². The maximum atomic E-state index is 12.3. The minimum atomic E-state index is -1.24. The number of ether oxygens (including phenoxy) is 4. The van der Waals surface area contributed by atoms with Crippen molar-refractivity contribution < 1.29 is 38.4 Å². The summed E-state index contributed by atoms with van der Waals surface area (Å²) in [5, 5.41) is 19.4. The fourth-order valence-corrected chi connectivity index (χ4v) is 6.60. The molecular formula is C33H49N7O8S. The predicted molar refractivity (Wildman–Crippen MR) is 180 cm³/mol. The van der Waals surface area contributed by atoms with Crippen molar-refractivity contribution in [2.24, 2.45) is 0 Å². The van der Waals surface area contributed by atoms with E-state index in [0.717, 1.165) is 18.6 Å². The van der Waals surface area contributed by atoms with Crippen molar-refractivity contribution in [3.63, 3.8) is 0 Å². The van der Waals surface area contributed by atoms with E-state index in [4.69, 9.17) is 28.9 Å². The lowest BCUT2D eigenvalue weighted by atomic mass is 10.0. The molecule has 0 spiro atoms. The van der Waals surface area contributed by atoms with E-state index in [1.54, 1.807) is 36.4 Å².